The van der Waals surface area contributed by atoms with Gasteiger partial charge in [-0.2, -0.15) is 0 Å². The molecule has 118 valence electrons. The second kappa shape index (κ2) is 6.56. The van der Waals surface area contributed by atoms with E-state index in [9.17, 15) is 0 Å². The molecule has 3 aromatic heterocycles. The number of pyridine rings is 1. The molecule has 1 N–H and O–H groups in total. The van der Waals surface area contributed by atoms with Gasteiger partial charge in [0.1, 0.15) is 11.6 Å². The van der Waals surface area contributed by atoms with Gasteiger partial charge >= 0.3 is 0 Å². The summed E-state index contributed by atoms with van der Waals surface area (Å²) < 4.78 is 5.26. The van der Waals surface area contributed by atoms with Crippen molar-refractivity contribution in [3.8, 4) is 11.4 Å². The molecule has 0 atom stereocenters. The van der Waals surface area contributed by atoms with Crippen molar-refractivity contribution in [1.29, 1.82) is 0 Å². The monoisotopic (exact) mass is 309 g/mol. The Balaban J connectivity index is 1.83. The van der Waals surface area contributed by atoms with Crippen LogP contribution in [0.25, 0.3) is 11.4 Å². The molecule has 0 unspecified atom stereocenters. The summed E-state index contributed by atoms with van der Waals surface area (Å²) in [6.07, 6.45) is 4.34. The average molecular weight is 309 g/mol. The van der Waals surface area contributed by atoms with Crippen molar-refractivity contribution in [2.24, 2.45) is 0 Å². The zero-order chi connectivity index (χ0) is 16.2. The molecule has 0 saturated heterocycles. The minimum atomic E-state index is 0.626. The molecule has 0 aliphatic heterocycles. The van der Waals surface area contributed by atoms with Crippen molar-refractivity contribution >= 4 is 5.82 Å². The maximum atomic E-state index is 5.26. The third-order valence-corrected chi connectivity index (χ3v) is 3.62. The molecule has 3 heterocycles. The molecular formula is C17H19N5O. The van der Waals surface area contributed by atoms with Crippen molar-refractivity contribution in [1.82, 2.24) is 20.1 Å². The van der Waals surface area contributed by atoms with Gasteiger partial charge in [0.2, 0.25) is 0 Å². The van der Waals surface area contributed by atoms with Crippen LogP contribution in [0.15, 0.2) is 35.1 Å². The van der Waals surface area contributed by atoms with Crippen LogP contribution in [0.4, 0.5) is 5.82 Å². The molecule has 3 aromatic rings. The normalized spacial score (nSPS) is 10.7. The molecule has 6 heteroatoms. The second-order valence-corrected chi connectivity index (χ2v) is 5.33. The van der Waals surface area contributed by atoms with E-state index in [1.807, 2.05) is 32.0 Å². The number of aryl methyl sites for hydroxylation is 3. The summed E-state index contributed by atoms with van der Waals surface area (Å²) >= 11 is 0. The van der Waals surface area contributed by atoms with Gasteiger partial charge in [0.15, 0.2) is 5.82 Å². The van der Waals surface area contributed by atoms with E-state index in [-0.39, 0.29) is 0 Å². The minimum absolute atomic E-state index is 0.626. The molecule has 23 heavy (non-hydrogen) atoms. The van der Waals surface area contributed by atoms with Crippen LogP contribution in [-0.4, -0.2) is 20.1 Å². The van der Waals surface area contributed by atoms with Crippen molar-refractivity contribution in [3.05, 3.63) is 53.3 Å². The highest BCUT2D eigenvalue weighted by molar-refractivity contribution is 5.56. The topological polar surface area (TPSA) is 76.7 Å². The Morgan fingerprint density at radius 3 is 2.83 bits per heavy atom. The van der Waals surface area contributed by atoms with Gasteiger partial charge in [0.05, 0.1) is 5.69 Å². The molecule has 0 spiro atoms. The van der Waals surface area contributed by atoms with Gasteiger partial charge < -0.3 is 9.84 Å². The van der Waals surface area contributed by atoms with Crippen LogP contribution >= 0.6 is 0 Å². The highest BCUT2D eigenvalue weighted by Crippen LogP contribution is 2.19. The highest BCUT2D eigenvalue weighted by Gasteiger charge is 2.12. The van der Waals surface area contributed by atoms with Crippen LogP contribution < -0.4 is 5.32 Å². The molecule has 0 aromatic carbocycles. The first-order valence-corrected chi connectivity index (χ1v) is 7.61. The molecule has 0 bridgehead atoms. The molecule has 0 aliphatic rings. The summed E-state index contributed by atoms with van der Waals surface area (Å²) in [4.78, 5) is 13.2. The zero-order valence-corrected chi connectivity index (χ0v) is 13.5. The van der Waals surface area contributed by atoms with Gasteiger partial charge in [0, 0.05) is 41.8 Å². The van der Waals surface area contributed by atoms with E-state index < -0.39 is 0 Å². The maximum Gasteiger partial charge on any atom is 0.163 e. The quantitative estimate of drug-likeness (QED) is 0.779. The van der Waals surface area contributed by atoms with Gasteiger partial charge in [-0.3, -0.25) is 4.98 Å². The molecule has 3 rings (SSSR count). The molecule has 0 fully saturated rings. The molecule has 0 saturated carbocycles. The van der Waals surface area contributed by atoms with E-state index in [0.717, 1.165) is 40.5 Å². The summed E-state index contributed by atoms with van der Waals surface area (Å²) in [6, 6.07) is 5.75. The number of hydrogen-bond donors (Lipinski definition) is 1. The van der Waals surface area contributed by atoms with Crippen LogP contribution in [0.5, 0.6) is 0 Å². The second-order valence-electron chi connectivity index (χ2n) is 5.33. The van der Waals surface area contributed by atoms with Crippen LogP contribution in [0.1, 0.15) is 29.6 Å². The fourth-order valence-electron chi connectivity index (χ4n) is 2.40. The summed E-state index contributed by atoms with van der Waals surface area (Å²) in [5, 5.41) is 7.42. The first-order chi connectivity index (χ1) is 11.2. The van der Waals surface area contributed by atoms with E-state index in [1.54, 1.807) is 12.4 Å². The van der Waals surface area contributed by atoms with E-state index in [0.29, 0.717) is 12.4 Å². The fourth-order valence-corrected chi connectivity index (χ4v) is 2.40. The van der Waals surface area contributed by atoms with Gasteiger partial charge in [0.25, 0.3) is 0 Å². The third kappa shape index (κ3) is 3.36. The fraction of sp³-hybridized carbons (Fsp3) is 0.294. The van der Waals surface area contributed by atoms with Gasteiger partial charge in [-0.25, -0.2) is 9.97 Å². The first kappa shape index (κ1) is 15.1. The minimum Gasteiger partial charge on any atom is -0.366 e. The van der Waals surface area contributed by atoms with Crippen LogP contribution in [-0.2, 0) is 13.0 Å². The standard InChI is InChI=1S/C17H19N5O/c1-4-15-14(12(3)23-22-15)10-19-16-8-11(2)20-17(21-16)13-6-5-7-18-9-13/h5-9H,4,10H2,1-3H3,(H,19,20,21). The molecule has 0 radical (unpaired) electrons. The number of aromatic nitrogens is 4. The lowest BCUT2D eigenvalue weighted by Gasteiger charge is -2.08. The lowest BCUT2D eigenvalue weighted by molar-refractivity contribution is 0.390. The number of anilines is 1. The van der Waals surface area contributed by atoms with Crippen molar-refractivity contribution in [2.45, 2.75) is 33.7 Å². The molecule has 0 aliphatic carbocycles. The van der Waals surface area contributed by atoms with Gasteiger partial charge in [-0.1, -0.05) is 12.1 Å². The number of hydrogen-bond acceptors (Lipinski definition) is 6. The summed E-state index contributed by atoms with van der Waals surface area (Å²) in [5.74, 6) is 2.28. The average Bonchev–Trinajstić information content (AvgIpc) is 2.93. The molecule has 6 nitrogen and oxygen atoms in total. The lowest BCUT2D eigenvalue weighted by atomic mass is 10.1. The Hall–Kier alpha value is -2.76. The Morgan fingerprint density at radius 2 is 2.09 bits per heavy atom. The summed E-state index contributed by atoms with van der Waals surface area (Å²) in [5.41, 5.74) is 3.87. The van der Waals surface area contributed by atoms with E-state index in [1.165, 1.54) is 0 Å². The number of nitrogens with one attached hydrogen (secondary N) is 1. The molecule has 0 amide bonds. The summed E-state index contributed by atoms with van der Waals surface area (Å²) in [6.45, 7) is 6.57. The van der Waals surface area contributed by atoms with Gasteiger partial charge in [-0.15, -0.1) is 0 Å². The Bertz CT molecular complexity index is 798. The van der Waals surface area contributed by atoms with Crippen molar-refractivity contribution < 1.29 is 4.52 Å². The Labute approximate surface area is 135 Å². The predicted octanol–water partition coefficient (Wildman–Crippen LogP) is 3.32. The van der Waals surface area contributed by atoms with Crippen molar-refractivity contribution in [3.63, 3.8) is 0 Å². The van der Waals surface area contributed by atoms with Crippen molar-refractivity contribution in [2.75, 3.05) is 5.32 Å². The first-order valence-electron chi connectivity index (χ1n) is 7.61. The van der Waals surface area contributed by atoms with E-state index in [4.69, 9.17) is 4.52 Å². The van der Waals surface area contributed by atoms with Crippen LogP contribution in [0.2, 0.25) is 0 Å². The SMILES string of the molecule is CCc1noc(C)c1CNc1cc(C)nc(-c2cccnc2)n1. The third-order valence-electron chi connectivity index (χ3n) is 3.62. The maximum absolute atomic E-state index is 5.26. The summed E-state index contributed by atoms with van der Waals surface area (Å²) in [7, 11) is 0. The highest BCUT2D eigenvalue weighted by atomic mass is 16.5. The Kier molecular flexibility index (Phi) is 4.32. The largest absolute Gasteiger partial charge is 0.366 e. The van der Waals surface area contributed by atoms with Crippen LogP contribution in [0.3, 0.4) is 0 Å². The molecular weight excluding hydrogens is 290 g/mol. The lowest BCUT2D eigenvalue weighted by Crippen LogP contribution is -2.06. The van der Waals surface area contributed by atoms with E-state index >= 15 is 0 Å². The Morgan fingerprint density at radius 1 is 1.22 bits per heavy atom. The predicted molar refractivity (Wildman–Crippen MR) is 87.9 cm³/mol. The smallest absolute Gasteiger partial charge is 0.163 e. The van der Waals surface area contributed by atoms with E-state index in [2.05, 4.69) is 32.3 Å². The van der Waals surface area contributed by atoms with Crippen LogP contribution in [0, 0.1) is 13.8 Å². The zero-order valence-electron chi connectivity index (χ0n) is 13.5. The van der Waals surface area contributed by atoms with Gasteiger partial charge in [-0.05, 0) is 32.4 Å². The number of rotatable bonds is 5. The number of nitrogens with zero attached hydrogens (tertiary/aromatic N) is 4.